The van der Waals surface area contributed by atoms with Crippen LogP contribution in [0.5, 0.6) is 0 Å². The first-order valence-electron chi connectivity index (χ1n) is 6.36. The van der Waals surface area contributed by atoms with Crippen molar-refractivity contribution in [2.75, 3.05) is 6.54 Å². The fourth-order valence-corrected chi connectivity index (χ4v) is 3.49. The van der Waals surface area contributed by atoms with E-state index in [2.05, 4.69) is 35.5 Å². The number of aryl methyl sites for hydroxylation is 1. The molecule has 104 valence electrons. The zero-order valence-corrected chi connectivity index (χ0v) is 12.9. The van der Waals surface area contributed by atoms with E-state index in [0.717, 1.165) is 12.0 Å². The van der Waals surface area contributed by atoms with Gasteiger partial charge in [0.2, 0.25) is 0 Å². The Morgan fingerprint density at radius 2 is 2.15 bits per heavy atom. The van der Waals surface area contributed by atoms with Crippen LogP contribution < -0.4 is 11.1 Å². The Morgan fingerprint density at radius 3 is 2.90 bits per heavy atom. The minimum absolute atomic E-state index is 0.0724. The Labute approximate surface area is 126 Å². The van der Waals surface area contributed by atoms with E-state index in [1.807, 2.05) is 11.4 Å². The summed E-state index contributed by atoms with van der Waals surface area (Å²) >= 11 is 3.08. The molecule has 0 spiro atoms. The maximum atomic E-state index is 12.2. The largest absolute Gasteiger partial charge is 0.346 e. The molecule has 0 aliphatic heterocycles. The number of hydrogen-bond donors (Lipinski definition) is 2. The highest BCUT2D eigenvalue weighted by molar-refractivity contribution is 7.12. The molecule has 20 heavy (non-hydrogen) atoms. The number of nitrogens with one attached hydrogen (secondary N) is 1. The number of rotatable bonds is 4. The standard InChI is InChI=1S/C15H16N2OS2/c1-2-11-5-8-19-13(11)10-17-15(18)14-12(4-3-7-16)6-9-20-14/h5-6,8-9H,2,7,10,16H2,1H3,(H,17,18). The normalized spacial score (nSPS) is 9.90. The lowest BCUT2D eigenvalue weighted by atomic mass is 10.2. The van der Waals surface area contributed by atoms with Crippen molar-refractivity contribution in [1.29, 1.82) is 0 Å². The molecule has 2 aromatic heterocycles. The molecule has 0 aromatic carbocycles. The maximum absolute atomic E-state index is 12.2. The Morgan fingerprint density at radius 1 is 1.35 bits per heavy atom. The van der Waals surface area contributed by atoms with Gasteiger partial charge in [-0.05, 0) is 34.9 Å². The highest BCUT2D eigenvalue weighted by Crippen LogP contribution is 2.19. The highest BCUT2D eigenvalue weighted by atomic mass is 32.1. The van der Waals surface area contributed by atoms with Crippen molar-refractivity contribution in [3.63, 3.8) is 0 Å². The number of nitrogens with two attached hydrogens (primary N) is 1. The van der Waals surface area contributed by atoms with Gasteiger partial charge in [-0.1, -0.05) is 18.8 Å². The van der Waals surface area contributed by atoms with E-state index >= 15 is 0 Å². The summed E-state index contributed by atoms with van der Waals surface area (Å²) in [7, 11) is 0. The molecule has 0 radical (unpaired) electrons. The fraction of sp³-hybridized carbons (Fsp3) is 0.267. The van der Waals surface area contributed by atoms with Crippen LogP contribution in [0.15, 0.2) is 22.9 Å². The third-order valence-electron chi connectivity index (χ3n) is 2.82. The second-order valence-electron chi connectivity index (χ2n) is 4.07. The molecule has 0 unspecified atom stereocenters. The molecular weight excluding hydrogens is 288 g/mol. The summed E-state index contributed by atoms with van der Waals surface area (Å²) in [6.07, 6.45) is 0.987. The van der Waals surface area contributed by atoms with E-state index in [-0.39, 0.29) is 5.91 Å². The van der Waals surface area contributed by atoms with E-state index in [1.165, 1.54) is 21.8 Å². The Hall–Kier alpha value is -1.61. The topological polar surface area (TPSA) is 55.1 Å². The first-order chi connectivity index (χ1) is 9.76. The Balaban J connectivity index is 2.04. The van der Waals surface area contributed by atoms with Crippen molar-refractivity contribution >= 4 is 28.6 Å². The summed E-state index contributed by atoms with van der Waals surface area (Å²) in [5.74, 6) is 5.63. The van der Waals surface area contributed by atoms with E-state index in [0.29, 0.717) is 18.0 Å². The SMILES string of the molecule is CCc1ccsc1CNC(=O)c1sccc1C#CCN. The van der Waals surface area contributed by atoms with Gasteiger partial charge in [0.05, 0.1) is 13.1 Å². The van der Waals surface area contributed by atoms with Gasteiger partial charge in [0.15, 0.2) is 0 Å². The molecular formula is C15H16N2OS2. The van der Waals surface area contributed by atoms with Crippen molar-refractivity contribution in [2.45, 2.75) is 19.9 Å². The molecule has 0 atom stereocenters. The molecule has 2 heterocycles. The first kappa shape index (κ1) is 14.8. The van der Waals surface area contributed by atoms with Gasteiger partial charge in [0.1, 0.15) is 4.88 Å². The molecule has 0 aliphatic rings. The monoisotopic (exact) mass is 304 g/mol. The molecule has 5 heteroatoms. The van der Waals surface area contributed by atoms with Crippen molar-refractivity contribution in [3.8, 4) is 11.8 Å². The zero-order chi connectivity index (χ0) is 14.4. The quantitative estimate of drug-likeness (QED) is 0.853. The summed E-state index contributed by atoms with van der Waals surface area (Å²) in [6, 6.07) is 3.96. The van der Waals surface area contributed by atoms with Crippen molar-refractivity contribution < 1.29 is 4.79 Å². The van der Waals surface area contributed by atoms with Crippen LogP contribution in [0, 0.1) is 11.8 Å². The lowest BCUT2D eigenvalue weighted by Crippen LogP contribution is -2.22. The second kappa shape index (κ2) is 7.25. The van der Waals surface area contributed by atoms with Crippen LogP contribution in [-0.2, 0) is 13.0 Å². The highest BCUT2D eigenvalue weighted by Gasteiger charge is 2.12. The third kappa shape index (κ3) is 3.48. The molecule has 0 saturated carbocycles. The van der Waals surface area contributed by atoms with Crippen molar-refractivity contribution in [1.82, 2.24) is 5.32 Å². The van der Waals surface area contributed by atoms with Crippen LogP contribution in [0.25, 0.3) is 0 Å². The molecule has 3 N–H and O–H groups in total. The fourth-order valence-electron chi connectivity index (χ4n) is 1.81. The number of hydrogen-bond acceptors (Lipinski definition) is 4. The average molecular weight is 304 g/mol. The van der Waals surface area contributed by atoms with Crippen LogP contribution in [0.3, 0.4) is 0 Å². The first-order valence-corrected chi connectivity index (χ1v) is 8.12. The van der Waals surface area contributed by atoms with Gasteiger partial charge < -0.3 is 11.1 Å². The van der Waals surface area contributed by atoms with Gasteiger partial charge in [0.25, 0.3) is 5.91 Å². The minimum atomic E-state index is -0.0724. The predicted octanol–water partition coefficient (Wildman–Crippen LogP) is 2.61. The third-order valence-corrected chi connectivity index (χ3v) is 4.70. The van der Waals surface area contributed by atoms with Crippen LogP contribution in [-0.4, -0.2) is 12.5 Å². The predicted molar refractivity (Wildman–Crippen MR) is 85.1 cm³/mol. The van der Waals surface area contributed by atoms with E-state index < -0.39 is 0 Å². The van der Waals surface area contributed by atoms with Crippen LogP contribution in [0.1, 0.15) is 32.6 Å². The molecule has 0 fully saturated rings. The number of carbonyl (C=O) groups is 1. The Bertz CT molecular complexity index is 646. The lowest BCUT2D eigenvalue weighted by Gasteiger charge is -2.04. The van der Waals surface area contributed by atoms with E-state index in [1.54, 1.807) is 11.3 Å². The van der Waals surface area contributed by atoms with Crippen molar-refractivity contribution in [3.05, 3.63) is 43.8 Å². The van der Waals surface area contributed by atoms with E-state index in [4.69, 9.17) is 5.73 Å². The van der Waals surface area contributed by atoms with Gasteiger partial charge in [-0.2, -0.15) is 0 Å². The van der Waals surface area contributed by atoms with E-state index in [9.17, 15) is 4.79 Å². The molecule has 0 aliphatic carbocycles. The molecule has 2 aromatic rings. The van der Waals surface area contributed by atoms with Crippen LogP contribution >= 0.6 is 22.7 Å². The number of thiophene rings is 2. The summed E-state index contributed by atoms with van der Waals surface area (Å²) in [5.41, 5.74) is 7.40. The van der Waals surface area contributed by atoms with Gasteiger partial charge in [-0.3, -0.25) is 4.79 Å². The van der Waals surface area contributed by atoms with Gasteiger partial charge in [-0.25, -0.2) is 0 Å². The van der Waals surface area contributed by atoms with Crippen LogP contribution in [0.2, 0.25) is 0 Å². The number of amides is 1. The maximum Gasteiger partial charge on any atom is 0.262 e. The zero-order valence-electron chi connectivity index (χ0n) is 11.2. The number of carbonyl (C=O) groups excluding carboxylic acids is 1. The Kier molecular flexibility index (Phi) is 5.36. The summed E-state index contributed by atoms with van der Waals surface area (Å²) in [5, 5.41) is 6.89. The molecule has 0 saturated heterocycles. The van der Waals surface area contributed by atoms with Crippen LogP contribution in [0.4, 0.5) is 0 Å². The van der Waals surface area contributed by atoms with Gasteiger partial charge >= 0.3 is 0 Å². The van der Waals surface area contributed by atoms with Gasteiger partial charge in [-0.15, -0.1) is 22.7 Å². The second-order valence-corrected chi connectivity index (χ2v) is 5.99. The summed E-state index contributed by atoms with van der Waals surface area (Å²) in [4.78, 5) is 14.1. The summed E-state index contributed by atoms with van der Waals surface area (Å²) in [6.45, 7) is 2.99. The van der Waals surface area contributed by atoms with Gasteiger partial charge in [0, 0.05) is 10.4 Å². The minimum Gasteiger partial charge on any atom is -0.346 e. The smallest absolute Gasteiger partial charge is 0.262 e. The molecule has 0 bridgehead atoms. The van der Waals surface area contributed by atoms with Crippen molar-refractivity contribution in [2.24, 2.45) is 5.73 Å². The molecule has 2 rings (SSSR count). The molecule has 1 amide bonds. The average Bonchev–Trinajstić information content (AvgIpc) is 3.10. The lowest BCUT2D eigenvalue weighted by molar-refractivity contribution is 0.0955. The summed E-state index contributed by atoms with van der Waals surface area (Å²) < 4.78 is 0. The molecule has 3 nitrogen and oxygen atoms in total.